The van der Waals surface area contributed by atoms with Crippen LogP contribution in [0.15, 0.2) is 24.3 Å². The molecule has 5 nitrogen and oxygen atoms in total. The highest BCUT2D eigenvalue weighted by Gasteiger charge is 2.18. The van der Waals surface area contributed by atoms with Crippen molar-refractivity contribution in [3.8, 4) is 5.75 Å². The molecule has 0 amide bonds. The van der Waals surface area contributed by atoms with E-state index in [4.69, 9.17) is 14.6 Å². The number of hydrogen-bond acceptors (Lipinski definition) is 4. The monoisotopic (exact) mass is 267 g/mol. The molecule has 1 atom stereocenters. The van der Waals surface area contributed by atoms with Gasteiger partial charge in [-0.25, -0.2) is 0 Å². The Kier molecular flexibility index (Phi) is 6.32. The molecule has 1 N–H and O–H groups in total. The summed E-state index contributed by atoms with van der Waals surface area (Å²) in [6.45, 7) is 3.07. The standard InChI is InChI=1S/C14H21NO4/c1-11(12-4-6-13(19-3)7-5-12)15(8-9-18-2)10-14(16)17/h4-7,11H,8-10H2,1-3H3,(H,16,17). The zero-order chi connectivity index (χ0) is 14.3. The molecule has 1 aromatic carbocycles. The molecule has 0 spiro atoms. The van der Waals surface area contributed by atoms with Crippen LogP contribution >= 0.6 is 0 Å². The normalized spacial score (nSPS) is 12.4. The van der Waals surface area contributed by atoms with E-state index in [1.807, 2.05) is 36.1 Å². The van der Waals surface area contributed by atoms with Gasteiger partial charge in [0.15, 0.2) is 0 Å². The smallest absolute Gasteiger partial charge is 0.317 e. The summed E-state index contributed by atoms with van der Waals surface area (Å²) in [5.41, 5.74) is 1.05. The summed E-state index contributed by atoms with van der Waals surface area (Å²) in [6.07, 6.45) is 0. The summed E-state index contributed by atoms with van der Waals surface area (Å²) >= 11 is 0. The van der Waals surface area contributed by atoms with Crippen molar-refractivity contribution in [1.29, 1.82) is 0 Å². The molecule has 0 radical (unpaired) electrons. The Hall–Kier alpha value is -1.59. The van der Waals surface area contributed by atoms with E-state index in [0.29, 0.717) is 13.2 Å². The van der Waals surface area contributed by atoms with E-state index in [-0.39, 0.29) is 12.6 Å². The minimum atomic E-state index is -0.837. The molecule has 5 heteroatoms. The maximum absolute atomic E-state index is 10.9. The number of nitrogens with zero attached hydrogens (tertiary/aromatic N) is 1. The third kappa shape index (κ3) is 4.89. The minimum Gasteiger partial charge on any atom is -0.497 e. The molecular formula is C14H21NO4. The van der Waals surface area contributed by atoms with Gasteiger partial charge in [-0.15, -0.1) is 0 Å². The first kappa shape index (κ1) is 15.5. The van der Waals surface area contributed by atoms with Crippen molar-refractivity contribution in [1.82, 2.24) is 4.90 Å². The van der Waals surface area contributed by atoms with Crippen LogP contribution in [0.1, 0.15) is 18.5 Å². The quantitative estimate of drug-likeness (QED) is 0.778. The van der Waals surface area contributed by atoms with Crippen LogP contribution < -0.4 is 4.74 Å². The second-order valence-corrected chi connectivity index (χ2v) is 4.31. The van der Waals surface area contributed by atoms with Gasteiger partial charge in [0.25, 0.3) is 0 Å². The SMILES string of the molecule is COCCN(CC(=O)O)C(C)c1ccc(OC)cc1. The largest absolute Gasteiger partial charge is 0.497 e. The van der Waals surface area contributed by atoms with E-state index in [1.54, 1.807) is 14.2 Å². The minimum absolute atomic E-state index is 0.00342. The number of aliphatic carboxylic acids is 1. The predicted octanol–water partition coefficient (Wildman–Crippen LogP) is 1.79. The predicted molar refractivity (Wildman–Crippen MR) is 72.5 cm³/mol. The van der Waals surface area contributed by atoms with Crippen molar-refractivity contribution in [3.63, 3.8) is 0 Å². The van der Waals surface area contributed by atoms with Crippen molar-refractivity contribution in [2.45, 2.75) is 13.0 Å². The van der Waals surface area contributed by atoms with Crippen molar-refractivity contribution >= 4 is 5.97 Å². The second-order valence-electron chi connectivity index (χ2n) is 4.31. The fourth-order valence-corrected chi connectivity index (χ4v) is 1.89. The van der Waals surface area contributed by atoms with Crippen LogP contribution in [0.3, 0.4) is 0 Å². The topological polar surface area (TPSA) is 59.0 Å². The summed E-state index contributed by atoms with van der Waals surface area (Å²) < 4.78 is 10.1. The first-order chi connectivity index (χ1) is 9.08. The van der Waals surface area contributed by atoms with Crippen molar-refractivity contribution < 1.29 is 19.4 Å². The Morgan fingerprint density at radius 3 is 2.42 bits per heavy atom. The van der Waals surface area contributed by atoms with Crippen molar-refractivity contribution in [3.05, 3.63) is 29.8 Å². The third-order valence-corrected chi connectivity index (χ3v) is 3.07. The zero-order valence-corrected chi connectivity index (χ0v) is 11.6. The maximum atomic E-state index is 10.9. The number of methoxy groups -OCH3 is 2. The molecule has 0 aliphatic rings. The molecule has 1 unspecified atom stereocenters. The number of benzene rings is 1. The Morgan fingerprint density at radius 1 is 1.32 bits per heavy atom. The fraction of sp³-hybridized carbons (Fsp3) is 0.500. The van der Waals surface area contributed by atoms with E-state index >= 15 is 0 Å². The van der Waals surface area contributed by atoms with Crippen LogP contribution in [-0.2, 0) is 9.53 Å². The molecule has 0 aromatic heterocycles. The van der Waals surface area contributed by atoms with Gasteiger partial charge in [-0.1, -0.05) is 12.1 Å². The van der Waals surface area contributed by atoms with Crippen LogP contribution in [0.2, 0.25) is 0 Å². The molecule has 106 valence electrons. The third-order valence-electron chi connectivity index (χ3n) is 3.07. The average molecular weight is 267 g/mol. The van der Waals surface area contributed by atoms with E-state index in [0.717, 1.165) is 11.3 Å². The highest BCUT2D eigenvalue weighted by atomic mass is 16.5. The van der Waals surface area contributed by atoms with Crippen LogP contribution in [-0.4, -0.2) is 49.9 Å². The highest BCUT2D eigenvalue weighted by molar-refractivity contribution is 5.69. The molecule has 1 rings (SSSR count). The average Bonchev–Trinajstić information content (AvgIpc) is 2.42. The Morgan fingerprint density at radius 2 is 1.95 bits per heavy atom. The molecule has 0 heterocycles. The van der Waals surface area contributed by atoms with E-state index in [9.17, 15) is 4.79 Å². The maximum Gasteiger partial charge on any atom is 0.317 e. The molecule has 0 saturated carbocycles. The number of rotatable bonds is 8. The summed E-state index contributed by atoms with van der Waals surface area (Å²) in [5.74, 6) is -0.0471. The number of carbonyl (C=O) groups is 1. The van der Waals surface area contributed by atoms with Crippen LogP contribution in [0, 0.1) is 0 Å². The van der Waals surface area contributed by atoms with Crippen LogP contribution in [0.25, 0.3) is 0 Å². The lowest BCUT2D eigenvalue weighted by Gasteiger charge is -2.27. The number of carboxylic acids is 1. The molecule has 0 saturated heterocycles. The van der Waals surface area contributed by atoms with E-state index in [1.165, 1.54) is 0 Å². The molecular weight excluding hydrogens is 246 g/mol. The van der Waals surface area contributed by atoms with E-state index < -0.39 is 5.97 Å². The lowest BCUT2D eigenvalue weighted by Crippen LogP contribution is -2.35. The van der Waals surface area contributed by atoms with Gasteiger partial charge >= 0.3 is 5.97 Å². The van der Waals surface area contributed by atoms with Gasteiger partial charge in [0.1, 0.15) is 5.75 Å². The summed E-state index contributed by atoms with van der Waals surface area (Å²) in [6, 6.07) is 7.66. The molecule has 0 fully saturated rings. The molecule has 0 aliphatic heterocycles. The second kappa shape index (κ2) is 7.76. The first-order valence-corrected chi connectivity index (χ1v) is 6.17. The number of ether oxygens (including phenoxy) is 2. The molecule has 19 heavy (non-hydrogen) atoms. The van der Waals surface area contributed by atoms with Gasteiger partial charge in [-0.3, -0.25) is 9.69 Å². The van der Waals surface area contributed by atoms with E-state index in [2.05, 4.69) is 0 Å². The lowest BCUT2D eigenvalue weighted by atomic mass is 10.1. The summed E-state index contributed by atoms with van der Waals surface area (Å²) in [5, 5.41) is 8.96. The van der Waals surface area contributed by atoms with Gasteiger partial charge in [-0.05, 0) is 24.6 Å². The van der Waals surface area contributed by atoms with Crippen molar-refractivity contribution in [2.24, 2.45) is 0 Å². The summed E-state index contributed by atoms with van der Waals surface area (Å²) in [4.78, 5) is 12.8. The molecule has 0 aliphatic carbocycles. The molecule has 0 bridgehead atoms. The molecule has 1 aromatic rings. The van der Waals surface area contributed by atoms with Gasteiger partial charge in [-0.2, -0.15) is 0 Å². The Balaban J connectivity index is 2.77. The Bertz CT molecular complexity index is 391. The fourth-order valence-electron chi connectivity index (χ4n) is 1.89. The van der Waals surface area contributed by atoms with Crippen LogP contribution in [0.5, 0.6) is 5.75 Å². The zero-order valence-electron chi connectivity index (χ0n) is 11.6. The van der Waals surface area contributed by atoms with Gasteiger partial charge in [0.05, 0.1) is 20.3 Å². The highest BCUT2D eigenvalue weighted by Crippen LogP contribution is 2.22. The first-order valence-electron chi connectivity index (χ1n) is 6.17. The van der Waals surface area contributed by atoms with Gasteiger partial charge in [0, 0.05) is 19.7 Å². The van der Waals surface area contributed by atoms with Crippen LogP contribution in [0.4, 0.5) is 0 Å². The Labute approximate surface area is 113 Å². The van der Waals surface area contributed by atoms with Crippen molar-refractivity contribution in [2.75, 3.05) is 33.9 Å². The number of carboxylic acid groups (broad SMARTS) is 1. The van der Waals surface area contributed by atoms with Gasteiger partial charge < -0.3 is 14.6 Å². The number of hydrogen-bond donors (Lipinski definition) is 1. The van der Waals surface area contributed by atoms with Gasteiger partial charge in [0.2, 0.25) is 0 Å². The summed E-state index contributed by atoms with van der Waals surface area (Å²) in [7, 11) is 3.23. The lowest BCUT2D eigenvalue weighted by molar-refractivity contribution is -0.139.